The number of nitrogens with one attached hydrogen (secondary N) is 2. The number of amides is 2. The minimum absolute atomic E-state index is 0.00729. The first-order valence-electron chi connectivity index (χ1n) is 10.6. The van der Waals surface area contributed by atoms with E-state index in [1.165, 1.54) is 23.8 Å². The van der Waals surface area contributed by atoms with E-state index in [9.17, 15) is 9.59 Å². The van der Waals surface area contributed by atoms with Gasteiger partial charge < -0.3 is 9.73 Å². The molecule has 0 aliphatic carbocycles. The monoisotopic (exact) mass is 460 g/mol. The number of aromatic nitrogens is 2. The second kappa shape index (κ2) is 10.2. The highest BCUT2D eigenvalue weighted by Gasteiger charge is 2.19. The minimum Gasteiger partial charge on any atom is -0.441 e. The number of rotatable bonds is 8. The van der Waals surface area contributed by atoms with Crippen LogP contribution in [0, 0.1) is 6.92 Å². The topological polar surface area (TPSA) is 97.1 Å². The first-order chi connectivity index (χ1) is 16.0. The molecule has 4 aromatic rings. The van der Waals surface area contributed by atoms with Crippen LogP contribution < -0.4 is 10.6 Å². The predicted molar refractivity (Wildman–Crippen MR) is 129 cm³/mol. The van der Waals surface area contributed by atoms with E-state index in [1.54, 1.807) is 6.92 Å². The summed E-state index contributed by atoms with van der Waals surface area (Å²) in [5.74, 6) is 0.508. The van der Waals surface area contributed by atoms with Gasteiger partial charge in [-0.1, -0.05) is 42.5 Å². The van der Waals surface area contributed by atoms with E-state index in [0.29, 0.717) is 23.3 Å². The van der Waals surface area contributed by atoms with Crippen LogP contribution in [-0.4, -0.2) is 28.3 Å². The number of benzene rings is 2. The quantitative estimate of drug-likeness (QED) is 0.357. The van der Waals surface area contributed by atoms with Crippen molar-refractivity contribution in [1.29, 1.82) is 0 Å². The van der Waals surface area contributed by atoms with Gasteiger partial charge in [0.1, 0.15) is 5.76 Å². The normalized spacial score (nSPS) is 10.7. The van der Waals surface area contributed by atoms with Gasteiger partial charge in [-0.2, -0.15) is 0 Å². The lowest BCUT2D eigenvalue weighted by Gasteiger charge is -2.04. The summed E-state index contributed by atoms with van der Waals surface area (Å²) < 4.78 is 5.68. The molecule has 2 amide bonds. The fourth-order valence-electron chi connectivity index (χ4n) is 3.33. The fraction of sp³-hybridized carbons (Fsp3) is 0.200. The SMILES string of the molecule is CC(=O)NCCCc1ccc(-c2csc(NC(=O)c3nc(-c4ccccc4)oc3C)n2)cc1. The Morgan fingerprint density at radius 3 is 2.48 bits per heavy atom. The second-order valence-corrected chi connectivity index (χ2v) is 8.42. The van der Waals surface area contributed by atoms with Gasteiger partial charge in [-0.25, -0.2) is 9.97 Å². The van der Waals surface area contributed by atoms with Crippen LogP contribution in [0.2, 0.25) is 0 Å². The molecule has 0 radical (unpaired) electrons. The largest absolute Gasteiger partial charge is 0.441 e. The van der Waals surface area contributed by atoms with Gasteiger partial charge in [-0.3, -0.25) is 14.9 Å². The van der Waals surface area contributed by atoms with E-state index >= 15 is 0 Å². The molecule has 2 aromatic carbocycles. The molecule has 0 fully saturated rings. The molecule has 0 atom stereocenters. The molecular formula is C25H24N4O3S. The van der Waals surface area contributed by atoms with Crippen LogP contribution in [0.4, 0.5) is 5.13 Å². The van der Waals surface area contributed by atoms with Gasteiger partial charge in [-0.05, 0) is 37.5 Å². The van der Waals surface area contributed by atoms with Crippen molar-refractivity contribution in [1.82, 2.24) is 15.3 Å². The highest BCUT2D eigenvalue weighted by molar-refractivity contribution is 7.14. The molecule has 0 spiro atoms. The maximum Gasteiger partial charge on any atom is 0.279 e. The van der Waals surface area contributed by atoms with Crippen molar-refractivity contribution < 1.29 is 14.0 Å². The van der Waals surface area contributed by atoms with Gasteiger partial charge in [0, 0.05) is 30.0 Å². The molecule has 0 unspecified atom stereocenters. The molecule has 0 saturated heterocycles. The summed E-state index contributed by atoms with van der Waals surface area (Å²) in [7, 11) is 0. The molecule has 0 saturated carbocycles. The first kappa shape index (κ1) is 22.4. The lowest BCUT2D eigenvalue weighted by atomic mass is 10.1. The number of carbonyl (C=O) groups excluding carboxylic acids is 2. The maximum atomic E-state index is 12.7. The van der Waals surface area contributed by atoms with E-state index < -0.39 is 0 Å². The van der Waals surface area contributed by atoms with Crippen molar-refractivity contribution in [2.45, 2.75) is 26.7 Å². The summed E-state index contributed by atoms with van der Waals surface area (Å²) in [6.45, 7) is 3.91. The molecule has 33 heavy (non-hydrogen) atoms. The van der Waals surface area contributed by atoms with Crippen molar-refractivity contribution in [3.8, 4) is 22.7 Å². The highest BCUT2D eigenvalue weighted by Crippen LogP contribution is 2.27. The van der Waals surface area contributed by atoms with Gasteiger partial charge in [-0.15, -0.1) is 11.3 Å². The van der Waals surface area contributed by atoms with Crippen LogP contribution in [0.15, 0.2) is 64.4 Å². The van der Waals surface area contributed by atoms with Crippen LogP contribution >= 0.6 is 11.3 Å². The summed E-state index contributed by atoms with van der Waals surface area (Å²) >= 11 is 1.36. The molecule has 2 heterocycles. The van der Waals surface area contributed by atoms with E-state index in [1.807, 2.05) is 47.8 Å². The Kier molecular flexibility index (Phi) is 6.95. The maximum absolute atomic E-state index is 12.7. The number of nitrogens with zero attached hydrogens (tertiary/aromatic N) is 2. The van der Waals surface area contributed by atoms with Crippen molar-refractivity contribution in [3.63, 3.8) is 0 Å². The molecule has 168 valence electrons. The number of thiazole rings is 1. The van der Waals surface area contributed by atoms with Crippen LogP contribution in [0.3, 0.4) is 0 Å². The molecular weight excluding hydrogens is 436 g/mol. The lowest BCUT2D eigenvalue weighted by molar-refractivity contribution is -0.118. The third kappa shape index (κ3) is 5.72. The van der Waals surface area contributed by atoms with Crippen LogP contribution in [0.1, 0.15) is 35.2 Å². The molecule has 8 heteroatoms. The van der Waals surface area contributed by atoms with Crippen LogP contribution in [0.25, 0.3) is 22.7 Å². The van der Waals surface area contributed by atoms with E-state index in [-0.39, 0.29) is 17.5 Å². The summed E-state index contributed by atoms with van der Waals surface area (Å²) in [5.41, 5.74) is 4.02. The molecule has 0 bridgehead atoms. The zero-order valence-corrected chi connectivity index (χ0v) is 19.2. The molecule has 0 aliphatic heterocycles. The number of hydrogen-bond acceptors (Lipinski definition) is 6. The Bertz CT molecular complexity index is 1250. The zero-order valence-electron chi connectivity index (χ0n) is 18.4. The predicted octanol–water partition coefficient (Wildman–Crippen LogP) is 5.09. The van der Waals surface area contributed by atoms with Crippen molar-refractivity contribution in [2.75, 3.05) is 11.9 Å². The van der Waals surface area contributed by atoms with Gasteiger partial charge in [0.2, 0.25) is 11.8 Å². The lowest BCUT2D eigenvalue weighted by Crippen LogP contribution is -2.21. The minimum atomic E-state index is -0.353. The Labute approximate surface area is 195 Å². The first-order valence-corrected chi connectivity index (χ1v) is 11.5. The van der Waals surface area contributed by atoms with E-state index in [0.717, 1.165) is 29.7 Å². The smallest absolute Gasteiger partial charge is 0.279 e. The van der Waals surface area contributed by atoms with Gasteiger partial charge in [0.25, 0.3) is 5.91 Å². The standard InChI is InChI=1S/C25H24N4O3S/c1-16-22(28-24(32-16)20-8-4-3-5-9-20)23(31)29-25-27-21(15-33-25)19-12-10-18(11-13-19)7-6-14-26-17(2)30/h3-5,8-13,15H,6-7,14H2,1-2H3,(H,26,30)(H,27,29,31). The average Bonchev–Trinajstić information content (AvgIpc) is 3.44. The van der Waals surface area contributed by atoms with E-state index in [4.69, 9.17) is 4.42 Å². The third-order valence-electron chi connectivity index (χ3n) is 5.02. The number of oxazole rings is 1. The number of hydrogen-bond donors (Lipinski definition) is 2. The Morgan fingerprint density at radius 1 is 1.00 bits per heavy atom. The Hall–Kier alpha value is -3.78. The number of anilines is 1. The van der Waals surface area contributed by atoms with Gasteiger partial charge >= 0.3 is 0 Å². The van der Waals surface area contributed by atoms with Crippen molar-refractivity contribution in [3.05, 3.63) is 77.0 Å². The second-order valence-electron chi connectivity index (χ2n) is 7.57. The molecule has 4 rings (SSSR count). The third-order valence-corrected chi connectivity index (χ3v) is 5.78. The summed E-state index contributed by atoms with van der Waals surface area (Å²) in [4.78, 5) is 32.6. The Morgan fingerprint density at radius 2 is 1.76 bits per heavy atom. The Balaban J connectivity index is 1.38. The highest BCUT2D eigenvalue weighted by atomic mass is 32.1. The zero-order chi connectivity index (χ0) is 23.2. The summed E-state index contributed by atoms with van der Waals surface area (Å²) in [5, 5.41) is 8.03. The van der Waals surface area contributed by atoms with Gasteiger partial charge in [0.15, 0.2) is 10.8 Å². The molecule has 2 N–H and O–H groups in total. The molecule has 2 aromatic heterocycles. The summed E-state index contributed by atoms with van der Waals surface area (Å²) in [6, 6.07) is 17.6. The number of aryl methyl sites for hydroxylation is 2. The van der Waals surface area contributed by atoms with E-state index in [2.05, 4.69) is 32.7 Å². The van der Waals surface area contributed by atoms with Crippen molar-refractivity contribution >= 4 is 28.3 Å². The number of carbonyl (C=O) groups is 2. The molecule has 7 nitrogen and oxygen atoms in total. The van der Waals surface area contributed by atoms with Crippen LogP contribution in [-0.2, 0) is 11.2 Å². The van der Waals surface area contributed by atoms with Crippen LogP contribution in [0.5, 0.6) is 0 Å². The fourth-order valence-corrected chi connectivity index (χ4v) is 4.05. The molecule has 0 aliphatic rings. The summed E-state index contributed by atoms with van der Waals surface area (Å²) in [6.07, 6.45) is 1.78. The average molecular weight is 461 g/mol. The van der Waals surface area contributed by atoms with Gasteiger partial charge in [0.05, 0.1) is 5.69 Å². The van der Waals surface area contributed by atoms with Crippen molar-refractivity contribution in [2.24, 2.45) is 0 Å².